The molecule has 0 fully saturated rings. The Bertz CT molecular complexity index is 217. The molecule has 0 amide bonds. The quantitative estimate of drug-likeness (QED) is 0.338. The molecule has 16 heavy (non-hydrogen) atoms. The van der Waals surface area contributed by atoms with E-state index in [1.165, 1.54) is 5.57 Å². The van der Waals surface area contributed by atoms with Crippen LogP contribution >= 0.6 is 0 Å². The molecule has 0 aliphatic heterocycles. The van der Waals surface area contributed by atoms with Crippen LogP contribution in [-0.2, 0) is 9.53 Å². The average molecular weight is 226 g/mol. The molecule has 0 rings (SSSR count). The van der Waals surface area contributed by atoms with Crippen molar-refractivity contribution >= 4 is 6.29 Å². The van der Waals surface area contributed by atoms with E-state index in [0.29, 0.717) is 13.0 Å². The zero-order valence-corrected chi connectivity index (χ0v) is 11.2. The topological polar surface area (TPSA) is 26.3 Å². The van der Waals surface area contributed by atoms with Gasteiger partial charge in [-0.2, -0.15) is 0 Å². The SMILES string of the molecule is CC/C(C)=C\CCC(C)(C)OCCCC=O. The van der Waals surface area contributed by atoms with Gasteiger partial charge in [-0.25, -0.2) is 0 Å². The fourth-order valence-corrected chi connectivity index (χ4v) is 1.40. The first-order valence-electron chi connectivity index (χ1n) is 6.25. The second kappa shape index (κ2) is 8.51. The Hall–Kier alpha value is -0.630. The summed E-state index contributed by atoms with van der Waals surface area (Å²) in [4.78, 5) is 10.1. The number of hydrogen-bond acceptors (Lipinski definition) is 2. The molecule has 0 aromatic carbocycles. The van der Waals surface area contributed by atoms with E-state index in [1.54, 1.807) is 0 Å². The third-order valence-corrected chi connectivity index (χ3v) is 2.76. The largest absolute Gasteiger partial charge is 0.376 e. The molecule has 94 valence electrons. The van der Waals surface area contributed by atoms with Crippen molar-refractivity contribution in [1.82, 2.24) is 0 Å². The molecule has 2 heteroatoms. The second-order valence-corrected chi connectivity index (χ2v) is 4.86. The molecule has 0 saturated heterocycles. The lowest BCUT2D eigenvalue weighted by atomic mass is 10.0. The molecule has 0 aliphatic rings. The summed E-state index contributed by atoms with van der Waals surface area (Å²) in [5.41, 5.74) is 1.37. The van der Waals surface area contributed by atoms with Gasteiger partial charge >= 0.3 is 0 Å². The predicted molar refractivity (Wildman–Crippen MR) is 68.6 cm³/mol. The van der Waals surface area contributed by atoms with Gasteiger partial charge in [-0.3, -0.25) is 0 Å². The van der Waals surface area contributed by atoms with Gasteiger partial charge in [0.1, 0.15) is 6.29 Å². The summed E-state index contributed by atoms with van der Waals surface area (Å²) in [6, 6.07) is 0. The summed E-state index contributed by atoms with van der Waals surface area (Å²) >= 11 is 0. The molecule has 0 bridgehead atoms. The van der Waals surface area contributed by atoms with Gasteiger partial charge in [-0.1, -0.05) is 18.6 Å². The van der Waals surface area contributed by atoms with Crippen LogP contribution < -0.4 is 0 Å². The molecule has 0 heterocycles. The highest BCUT2D eigenvalue weighted by molar-refractivity contribution is 5.48. The lowest BCUT2D eigenvalue weighted by Gasteiger charge is -2.24. The van der Waals surface area contributed by atoms with E-state index >= 15 is 0 Å². The molecule has 0 radical (unpaired) electrons. The van der Waals surface area contributed by atoms with Crippen molar-refractivity contribution in [1.29, 1.82) is 0 Å². The standard InChI is InChI=1S/C14H26O2/c1-5-13(2)9-8-10-14(3,4)16-12-7-6-11-15/h9,11H,5-8,10,12H2,1-4H3/b13-9-. The molecule has 0 aliphatic carbocycles. The second-order valence-electron chi connectivity index (χ2n) is 4.86. The Morgan fingerprint density at radius 3 is 2.56 bits per heavy atom. The molecule has 0 unspecified atom stereocenters. The number of aldehydes is 1. The number of rotatable bonds is 9. The molecule has 0 atom stereocenters. The van der Waals surface area contributed by atoms with Gasteiger partial charge in [0.15, 0.2) is 0 Å². The third-order valence-electron chi connectivity index (χ3n) is 2.76. The number of carbonyl (C=O) groups excluding carboxylic acids is 1. The third kappa shape index (κ3) is 8.66. The first-order valence-corrected chi connectivity index (χ1v) is 6.25. The number of allylic oxidation sites excluding steroid dienone is 2. The lowest BCUT2D eigenvalue weighted by molar-refractivity contribution is -0.108. The number of ether oxygens (including phenoxy) is 1. The van der Waals surface area contributed by atoms with E-state index in [4.69, 9.17) is 4.74 Å². The zero-order valence-electron chi connectivity index (χ0n) is 11.2. The molecule has 0 N–H and O–H groups in total. The van der Waals surface area contributed by atoms with Gasteiger partial charge < -0.3 is 9.53 Å². The highest BCUT2D eigenvalue weighted by atomic mass is 16.5. The van der Waals surface area contributed by atoms with E-state index in [0.717, 1.165) is 32.0 Å². The summed E-state index contributed by atoms with van der Waals surface area (Å²) in [6.07, 6.45) is 7.90. The maximum absolute atomic E-state index is 10.1. The highest BCUT2D eigenvalue weighted by Crippen LogP contribution is 2.18. The summed E-state index contributed by atoms with van der Waals surface area (Å²) in [7, 11) is 0. The van der Waals surface area contributed by atoms with Crippen LogP contribution in [0.25, 0.3) is 0 Å². The van der Waals surface area contributed by atoms with Gasteiger partial charge in [0.2, 0.25) is 0 Å². The molecule has 0 spiro atoms. The lowest BCUT2D eigenvalue weighted by Crippen LogP contribution is -2.24. The summed E-state index contributed by atoms with van der Waals surface area (Å²) in [6.45, 7) is 9.25. The van der Waals surface area contributed by atoms with Crippen LogP contribution in [0, 0.1) is 0 Å². The normalized spacial score (nSPS) is 12.9. The Morgan fingerprint density at radius 1 is 1.31 bits per heavy atom. The summed E-state index contributed by atoms with van der Waals surface area (Å²) < 4.78 is 5.76. The van der Waals surface area contributed by atoms with Crippen molar-refractivity contribution in [3.05, 3.63) is 11.6 Å². The first kappa shape index (κ1) is 15.4. The van der Waals surface area contributed by atoms with Crippen molar-refractivity contribution in [2.24, 2.45) is 0 Å². The molecule has 2 nitrogen and oxygen atoms in total. The van der Waals surface area contributed by atoms with Crippen molar-refractivity contribution in [3.63, 3.8) is 0 Å². The van der Waals surface area contributed by atoms with Crippen LogP contribution in [0.3, 0.4) is 0 Å². The Balaban J connectivity index is 3.73. The molecule has 0 saturated carbocycles. The Kier molecular flexibility index (Phi) is 8.18. The minimum absolute atomic E-state index is 0.0760. The fraction of sp³-hybridized carbons (Fsp3) is 0.786. The number of hydrogen-bond donors (Lipinski definition) is 0. The minimum atomic E-state index is -0.0760. The van der Waals surface area contributed by atoms with E-state index in [2.05, 4.69) is 33.8 Å². The monoisotopic (exact) mass is 226 g/mol. The van der Waals surface area contributed by atoms with Gasteiger partial charge in [0.25, 0.3) is 0 Å². The predicted octanol–water partition coefficient (Wildman–Crippen LogP) is 3.90. The maximum Gasteiger partial charge on any atom is 0.120 e. The molecule has 0 aromatic heterocycles. The van der Waals surface area contributed by atoms with Crippen LogP contribution in [-0.4, -0.2) is 18.5 Å². The van der Waals surface area contributed by atoms with Crippen LogP contribution in [0.1, 0.15) is 59.8 Å². The van der Waals surface area contributed by atoms with Crippen LogP contribution in [0.4, 0.5) is 0 Å². The minimum Gasteiger partial charge on any atom is -0.376 e. The zero-order chi connectivity index (χ0) is 12.4. The van der Waals surface area contributed by atoms with Gasteiger partial charge in [0, 0.05) is 13.0 Å². The fourth-order valence-electron chi connectivity index (χ4n) is 1.40. The average Bonchev–Trinajstić information content (AvgIpc) is 2.24. The summed E-state index contributed by atoms with van der Waals surface area (Å²) in [5, 5.41) is 0. The van der Waals surface area contributed by atoms with Crippen molar-refractivity contribution in [3.8, 4) is 0 Å². The molecular formula is C14H26O2. The van der Waals surface area contributed by atoms with Crippen molar-refractivity contribution in [2.45, 2.75) is 65.4 Å². The smallest absolute Gasteiger partial charge is 0.120 e. The van der Waals surface area contributed by atoms with E-state index < -0.39 is 0 Å². The Morgan fingerprint density at radius 2 is 2.00 bits per heavy atom. The summed E-state index contributed by atoms with van der Waals surface area (Å²) in [5.74, 6) is 0. The number of unbranched alkanes of at least 4 members (excludes halogenated alkanes) is 1. The van der Waals surface area contributed by atoms with E-state index in [1.807, 2.05) is 0 Å². The van der Waals surface area contributed by atoms with E-state index in [-0.39, 0.29) is 5.60 Å². The number of carbonyl (C=O) groups is 1. The van der Waals surface area contributed by atoms with Gasteiger partial charge in [-0.15, -0.1) is 0 Å². The van der Waals surface area contributed by atoms with Gasteiger partial charge in [0.05, 0.1) is 5.60 Å². The molecule has 0 aromatic rings. The maximum atomic E-state index is 10.1. The molecular weight excluding hydrogens is 200 g/mol. The van der Waals surface area contributed by atoms with E-state index in [9.17, 15) is 4.79 Å². The van der Waals surface area contributed by atoms with Gasteiger partial charge in [-0.05, 0) is 46.5 Å². The van der Waals surface area contributed by atoms with Crippen LogP contribution in [0.15, 0.2) is 11.6 Å². The van der Waals surface area contributed by atoms with Crippen LogP contribution in [0.5, 0.6) is 0 Å². The first-order chi connectivity index (χ1) is 7.52. The van der Waals surface area contributed by atoms with Crippen molar-refractivity contribution in [2.75, 3.05) is 6.61 Å². The van der Waals surface area contributed by atoms with Crippen LogP contribution in [0.2, 0.25) is 0 Å². The highest BCUT2D eigenvalue weighted by Gasteiger charge is 2.16. The van der Waals surface area contributed by atoms with Crippen molar-refractivity contribution < 1.29 is 9.53 Å². The Labute approximate surface area is 100 Å².